The summed E-state index contributed by atoms with van der Waals surface area (Å²) in [7, 11) is 0. The van der Waals surface area contributed by atoms with Crippen LogP contribution >= 0.6 is 0 Å². The zero-order chi connectivity index (χ0) is 16.9. The normalized spacial score (nSPS) is 13.5. The van der Waals surface area contributed by atoms with E-state index in [1.165, 1.54) is 11.1 Å². The molecule has 0 amide bonds. The van der Waals surface area contributed by atoms with Gasteiger partial charge < -0.3 is 15.3 Å². The van der Waals surface area contributed by atoms with Crippen LogP contribution < -0.4 is 5.73 Å². The van der Waals surface area contributed by atoms with Gasteiger partial charge in [-0.3, -0.25) is 4.90 Å². The monoisotopic (exact) mass is 316 g/mol. The minimum absolute atomic E-state index is 0.155. The summed E-state index contributed by atoms with van der Waals surface area (Å²) < 4.78 is 5.43. The Morgan fingerprint density at radius 2 is 1.83 bits per heavy atom. The molecule has 2 rings (SSSR count). The summed E-state index contributed by atoms with van der Waals surface area (Å²) in [6.07, 6.45) is 1.14. The van der Waals surface area contributed by atoms with Crippen LogP contribution in [0.3, 0.4) is 0 Å². The molecule has 23 heavy (non-hydrogen) atoms. The lowest BCUT2D eigenvalue weighted by Crippen LogP contribution is -2.35. The predicted molar refractivity (Wildman–Crippen MR) is 93.0 cm³/mol. The van der Waals surface area contributed by atoms with Crippen LogP contribution in [0, 0.1) is 0 Å². The van der Waals surface area contributed by atoms with Crippen molar-refractivity contribution in [2.24, 2.45) is 5.73 Å². The van der Waals surface area contributed by atoms with E-state index in [0.29, 0.717) is 13.1 Å². The van der Waals surface area contributed by atoms with Crippen molar-refractivity contribution in [3.05, 3.63) is 59.5 Å². The highest BCUT2D eigenvalue weighted by Crippen LogP contribution is 2.22. The van der Waals surface area contributed by atoms with E-state index in [1.807, 2.05) is 12.1 Å². The van der Waals surface area contributed by atoms with Crippen molar-refractivity contribution in [1.29, 1.82) is 0 Å². The SMILES string of the molecule is CC(C)(C)c1ccc(CN(Cc2ccco2)CC(O)CN)cc1. The van der Waals surface area contributed by atoms with Gasteiger partial charge in [-0.05, 0) is 28.7 Å². The molecule has 0 aliphatic rings. The number of nitrogens with two attached hydrogens (primary N) is 1. The standard InChI is InChI=1S/C19H28N2O2/c1-19(2,3)16-8-6-15(7-9-16)12-21(13-17(22)11-20)14-18-5-4-10-23-18/h4-10,17,22H,11-14,20H2,1-3H3. The number of rotatable bonds is 7. The second kappa shape index (κ2) is 7.77. The Hall–Kier alpha value is -1.62. The summed E-state index contributed by atoms with van der Waals surface area (Å²) in [5.74, 6) is 0.889. The number of aliphatic hydroxyl groups is 1. The summed E-state index contributed by atoms with van der Waals surface area (Å²) in [5, 5.41) is 9.89. The van der Waals surface area contributed by atoms with Crippen LogP contribution in [0.4, 0.5) is 0 Å². The Balaban J connectivity index is 2.06. The number of hydrogen-bond acceptors (Lipinski definition) is 4. The maximum atomic E-state index is 9.89. The van der Waals surface area contributed by atoms with Crippen molar-refractivity contribution in [1.82, 2.24) is 4.90 Å². The van der Waals surface area contributed by atoms with Crippen LogP contribution in [-0.2, 0) is 18.5 Å². The summed E-state index contributed by atoms with van der Waals surface area (Å²) in [5.41, 5.74) is 8.25. The van der Waals surface area contributed by atoms with Gasteiger partial charge in [-0.25, -0.2) is 0 Å². The highest BCUT2D eigenvalue weighted by Gasteiger charge is 2.15. The van der Waals surface area contributed by atoms with Crippen molar-refractivity contribution in [2.45, 2.75) is 45.4 Å². The van der Waals surface area contributed by atoms with Crippen LogP contribution in [0.15, 0.2) is 47.1 Å². The fourth-order valence-corrected chi connectivity index (χ4v) is 2.55. The summed E-state index contributed by atoms with van der Waals surface area (Å²) in [6, 6.07) is 12.5. The Kier molecular flexibility index (Phi) is 5.99. The lowest BCUT2D eigenvalue weighted by Gasteiger charge is -2.24. The molecular weight excluding hydrogens is 288 g/mol. The van der Waals surface area contributed by atoms with Gasteiger partial charge in [0.2, 0.25) is 0 Å². The maximum Gasteiger partial charge on any atom is 0.117 e. The number of hydrogen-bond donors (Lipinski definition) is 2. The molecule has 0 fully saturated rings. The molecule has 0 bridgehead atoms. The molecule has 0 radical (unpaired) electrons. The molecule has 4 nitrogen and oxygen atoms in total. The van der Waals surface area contributed by atoms with E-state index in [0.717, 1.165) is 12.3 Å². The third kappa shape index (κ3) is 5.50. The van der Waals surface area contributed by atoms with Gasteiger partial charge >= 0.3 is 0 Å². The van der Waals surface area contributed by atoms with Crippen LogP contribution in [0.1, 0.15) is 37.7 Å². The highest BCUT2D eigenvalue weighted by molar-refractivity contribution is 5.27. The molecule has 0 aliphatic carbocycles. The van der Waals surface area contributed by atoms with E-state index < -0.39 is 6.10 Å². The third-order valence-electron chi connectivity index (χ3n) is 3.93. The van der Waals surface area contributed by atoms with Crippen molar-refractivity contribution < 1.29 is 9.52 Å². The lowest BCUT2D eigenvalue weighted by molar-refractivity contribution is 0.106. The molecule has 0 aliphatic heterocycles. The van der Waals surface area contributed by atoms with Gasteiger partial charge in [-0.15, -0.1) is 0 Å². The molecule has 1 aromatic heterocycles. The molecular formula is C19H28N2O2. The number of aliphatic hydroxyl groups excluding tert-OH is 1. The predicted octanol–water partition coefficient (Wildman–Crippen LogP) is 2.90. The zero-order valence-electron chi connectivity index (χ0n) is 14.3. The van der Waals surface area contributed by atoms with Gasteiger partial charge in [0.1, 0.15) is 5.76 Å². The second-order valence-electron chi connectivity index (χ2n) is 7.09. The van der Waals surface area contributed by atoms with Crippen molar-refractivity contribution in [3.8, 4) is 0 Å². The van der Waals surface area contributed by atoms with E-state index in [2.05, 4.69) is 49.9 Å². The molecule has 4 heteroatoms. The molecule has 126 valence electrons. The van der Waals surface area contributed by atoms with Gasteiger partial charge in [0.25, 0.3) is 0 Å². The van der Waals surface area contributed by atoms with Crippen molar-refractivity contribution in [2.75, 3.05) is 13.1 Å². The first-order chi connectivity index (χ1) is 10.9. The minimum Gasteiger partial charge on any atom is -0.468 e. The molecule has 0 saturated carbocycles. The van der Waals surface area contributed by atoms with Crippen molar-refractivity contribution >= 4 is 0 Å². The molecule has 1 atom stereocenters. The fourth-order valence-electron chi connectivity index (χ4n) is 2.55. The Morgan fingerprint density at radius 3 is 2.35 bits per heavy atom. The van der Waals surface area contributed by atoms with Crippen LogP contribution in [0.25, 0.3) is 0 Å². The number of furan rings is 1. The Morgan fingerprint density at radius 1 is 1.13 bits per heavy atom. The van der Waals surface area contributed by atoms with Crippen molar-refractivity contribution in [3.63, 3.8) is 0 Å². The second-order valence-corrected chi connectivity index (χ2v) is 7.09. The molecule has 0 saturated heterocycles. The number of nitrogens with zero attached hydrogens (tertiary/aromatic N) is 1. The number of benzene rings is 1. The average Bonchev–Trinajstić information content (AvgIpc) is 2.99. The maximum absolute atomic E-state index is 9.89. The first kappa shape index (κ1) is 17.7. The van der Waals surface area contributed by atoms with Crippen LogP contribution in [0.5, 0.6) is 0 Å². The first-order valence-corrected chi connectivity index (χ1v) is 8.11. The van der Waals surface area contributed by atoms with E-state index in [1.54, 1.807) is 6.26 Å². The molecule has 0 spiro atoms. The van der Waals surface area contributed by atoms with Gasteiger partial charge in [0.15, 0.2) is 0 Å². The van der Waals surface area contributed by atoms with Gasteiger partial charge in [0.05, 0.1) is 18.9 Å². The average molecular weight is 316 g/mol. The third-order valence-corrected chi connectivity index (χ3v) is 3.93. The van der Waals surface area contributed by atoms with Crippen LogP contribution in [-0.4, -0.2) is 29.2 Å². The lowest BCUT2D eigenvalue weighted by atomic mass is 9.87. The zero-order valence-corrected chi connectivity index (χ0v) is 14.3. The Labute approximate surface area is 138 Å². The molecule has 1 heterocycles. The summed E-state index contributed by atoms with van der Waals surface area (Å²) in [4.78, 5) is 2.16. The largest absolute Gasteiger partial charge is 0.468 e. The minimum atomic E-state index is -0.529. The fraction of sp³-hybridized carbons (Fsp3) is 0.474. The summed E-state index contributed by atoms with van der Waals surface area (Å²) in [6.45, 7) is 8.83. The van der Waals surface area contributed by atoms with E-state index >= 15 is 0 Å². The van der Waals surface area contributed by atoms with Gasteiger partial charge in [-0.1, -0.05) is 45.0 Å². The van der Waals surface area contributed by atoms with Crippen LogP contribution in [0.2, 0.25) is 0 Å². The molecule has 1 unspecified atom stereocenters. The molecule has 2 aromatic rings. The topological polar surface area (TPSA) is 62.6 Å². The quantitative estimate of drug-likeness (QED) is 0.824. The van der Waals surface area contributed by atoms with E-state index in [4.69, 9.17) is 10.2 Å². The van der Waals surface area contributed by atoms with E-state index in [-0.39, 0.29) is 12.0 Å². The van der Waals surface area contributed by atoms with Gasteiger partial charge in [0, 0.05) is 19.6 Å². The Bertz CT molecular complexity index is 570. The molecule has 3 N–H and O–H groups in total. The highest BCUT2D eigenvalue weighted by atomic mass is 16.3. The first-order valence-electron chi connectivity index (χ1n) is 8.11. The summed E-state index contributed by atoms with van der Waals surface area (Å²) >= 11 is 0. The smallest absolute Gasteiger partial charge is 0.117 e. The van der Waals surface area contributed by atoms with Gasteiger partial charge in [-0.2, -0.15) is 0 Å². The van der Waals surface area contributed by atoms with E-state index in [9.17, 15) is 5.11 Å². The molecule has 1 aromatic carbocycles.